The second kappa shape index (κ2) is 10.5. The number of alkyl halides is 3. The van der Waals surface area contributed by atoms with E-state index in [4.69, 9.17) is 0 Å². The average Bonchev–Trinajstić information content (AvgIpc) is 2.72. The molecule has 0 aromatic heterocycles. The van der Waals surface area contributed by atoms with Gasteiger partial charge in [0.1, 0.15) is 0 Å². The van der Waals surface area contributed by atoms with E-state index in [1.807, 2.05) is 37.3 Å². The summed E-state index contributed by atoms with van der Waals surface area (Å²) in [5.74, 6) is 0.241. The number of hydrogen-bond acceptors (Lipinski definition) is 2. The lowest BCUT2D eigenvalue weighted by Crippen LogP contribution is -2.44. The van der Waals surface area contributed by atoms with E-state index >= 15 is 0 Å². The first-order valence-electron chi connectivity index (χ1n) is 9.25. The van der Waals surface area contributed by atoms with Crippen LogP contribution < -0.4 is 10.6 Å². The van der Waals surface area contributed by atoms with Gasteiger partial charge in [0.25, 0.3) is 0 Å². The average molecular weight is 406 g/mol. The number of carbonyl (C=O) groups is 1. The van der Waals surface area contributed by atoms with Crippen LogP contribution >= 0.6 is 0 Å². The first kappa shape index (κ1) is 22.3. The SMILES string of the molecule is CCN(Cc1ccccc1)C(=O)CNC(=NC)NCc1cccc(C(F)(F)F)c1. The number of rotatable bonds is 7. The number of guanidine groups is 1. The van der Waals surface area contributed by atoms with Crippen molar-refractivity contribution in [1.82, 2.24) is 15.5 Å². The van der Waals surface area contributed by atoms with E-state index in [0.717, 1.165) is 17.7 Å². The quantitative estimate of drug-likeness (QED) is 0.547. The van der Waals surface area contributed by atoms with E-state index in [0.29, 0.717) is 24.6 Å². The third-order valence-corrected chi connectivity index (χ3v) is 4.30. The molecule has 0 aliphatic rings. The summed E-state index contributed by atoms with van der Waals surface area (Å²) in [5.41, 5.74) is 0.803. The van der Waals surface area contributed by atoms with Gasteiger partial charge in [-0.05, 0) is 30.2 Å². The molecule has 5 nitrogen and oxygen atoms in total. The van der Waals surface area contributed by atoms with Crippen LogP contribution in [0.25, 0.3) is 0 Å². The smallest absolute Gasteiger partial charge is 0.352 e. The fourth-order valence-corrected chi connectivity index (χ4v) is 2.72. The molecule has 1 amide bonds. The number of hydrogen-bond donors (Lipinski definition) is 2. The molecular formula is C21H25F3N4O. The Hall–Kier alpha value is -3.03. The third-order valence-electron chi connectivity index (χ3n) is 4.30. The molecular weight excluding hydrogens is 381 g/mol. The van der Waals surface area contributed by atoms with E-state index in [2.05, 4.69) is 15.6 Å². The molecule has 0 aliphatic carbocycles. The molecule has 0 aliphatic heterocycles. The first-order valence-corrected chi connectivity index (χ1v) is 9.25. The predicted octanol–water partition coefficient (Wildman–Crippen LogP) is 3.42. The van der Waals surface area contributed by atoms with Crippen molar-refractivity contribution in [2.24, 2.45) is 4.99 Å². The number of nitrogens with zero attached hydrogens (tertiary/aromatic N) is 2. The van der Waals surface area contributed by atoms with Gasteiger partial charge in [-0.3, -0.25) is 9.79 Å². The maximum absolute atomic E-state index is 12.8. The number of aliphatic imine (C=N–C) groups is 1. The minimum atomic E-state index is -4.38. The topological polar surface area (TPSA) is 56.7 Å². The van der Waals surface area contributed by atoms with Crippen molar-refractivity contribution in [1.29, 1.82) is 0 Å². The molecule has 0 saturated carbocycles. The largest absolute Gasteiger partial charge is 0.416 e. The van der Waals surface area contributed by atoms with Crippen molar-refractivity contribution in [3.8, 4) is 0 Å². The molecule has 8 heteroatoms. The van der Waals surface area contributed by atoms with Gasteiger partial charge in [-0.2, -0.15) is 13.2 Å². The van der Waals surface area contributed by atoms with Crippen molar-refractivity contribution in [2.45, 2.75) is 26.2 Å². The van der Waals surface area contributed by atoms with Gasteiger partial charge < -0.3 is 15.5 Å². The maximum Gasteiger partial charge on any atom is 0.416 e. The van der Waals surface area contributed by atoms with Crippen LogP contribution in [0.3, 0.4) is 0 Å². The van der Waals surface area contributed by atoms with Crippen LogP contribution in [-0.2, 0) is 24.1 Å². The maximum atomic E-state index is 12.8. The van der Waals surface area contributed by atoms with Crippen molar-refractivity contribution < 1.29 is 18.0 Å². The zero-order valence-corrected chi connectivity index (χ0v) is 16.5. The summed E-state index contributed by atoms with van der Waals surface area (Å²) in [5, 5.41) is 5.84. The fourth-order valence-electron chi connectivity index (χ4n) is 2.72. The van der Waals surface area contributed by atoms with Gasteiger partial charge in [0.15, 0.2) is 5.96 Å². The molecule has 0 saturated heterocycles. The van der Waals surface area contributed by atoms with Gasteiger partial charge in [-0.1, -0.05) is 42.5 Å². The minimum Gasteiger partial charge on any atom is -0.352 e. The Labute approximate surface area is 168 Å². The lowest BCUT2D eigenvalue weighted by Gasteiger charge is -2.22. The third kappa shape index (κ3) is 7.14. The number of amides is 1. The van der Waals surface area contributed by atoms with E-state index in [9.17, 15) is 18.0 Å². The second-order valence-electron chi connectivity index (χ2n) is 6.37. The number of likely N-dealkylation sites (N-methyl/N-ethyl adjacent to an activating group) is 1. The predicted molar refractivity (Wildman–Crippen MR) is 107 cm³/mol. The molecule has 0 bridgehead atoms. The van der Waals surface area contributed by atoms with Crippen LogP contribution in [0.1, 0.15) is 23.6 Å². The van der Waals surface area contributed by atoms with Crippen molar-refractivity contribution in [3.05, 3.63) is 71.3 Å². The van der Waals surface area contributed by atoms with Crippen molar-refractivity contribution in [3.63, 3.8) is 0 Å². The zero-order valence-electron chi connectivity index (χ0n) is 16.5. The van der Waals surface area contributed by atoms with Gasteiger partial charge in [0, 0.05) is 26.7 Å². The molecule has 0 heterocycles. The van der Waals surface area contributed by atoms with Crippen LogP contribution in [-0.4, -0.2) is 36.9 Å². The Morgan fingerprint density at radius 3 is 2.34 bits per heavy atom. The van der Waals surface area contributed by atoms with Crippen LogP contribution in [0.4, 0.5) is 13.2 Å². The van der Waals surface area contributed by atoms with E-state index < -0.39 is 11.7 Å². The molecule has 0 fully saturated rings. The molecule has 0 spiro atoms. The summed E-state index contributed by atoms with van der Waals surface area (Å²) < 4.78 is 38.4. The molecule has 2 rings (SSSR count). The Morgan fingerprint density at radius 2 is 1.72 bits per heavy atom. The van der Waals surface area contributed by atoms with Gasteiger partial charge in [-0.15, -0.1) is 0 Å². The molecule has 0 unspecified atom stereocenters. The number of halogens is 3. The second-order valence-corrected chi connectivity index (χ2v) is 6.37. The van der Waals surface area contributed by atoms with Gasteiger partial charge in [-0.25, -0.2) is 0 Å². The normalized spacial score (nSPS) is 11.8. The summed E-state index contributed by atoms with van der Waals surface area (Å²) in [4.78, 5) is 18.2. The summed E-state index contributed by atoms with van der Waals surface area (Å²) in [6.07, 6.45) is -4.38. The highest BCUT2D eigenvalue weighted by Gasteiger charge is 2.30. The molecule has 29 heavy (non-hydrogen) atoms. The number of benzene rings is 2. The highest BCUT2D eigenvalue weighted by Crippen LogP contribution is 2.29. The highest BCUT2D eigenvalue weighted by molar-refractivity contribution is 5.86. The summed E-state index contributed by atoms with van der Waals surface area (Å²) in [6.45, 7) is 3.16. The van der Waals surface area contributed by atoms with Crippen LogP contribution in [0, 0.1) is 0 Å². The first-order chi connectivity index (χ1) is 13.8. The Kier molecular flexibility index (Phi) is 8.06. The van der Waals surface area contributed by atoms with Crippen molar-refractivity contribution in [2.75, 3.05) is 20.1 Å². The molecule has 0 atom stereocenters. The monoisotopic (exact) mass is 406 g/mol. The highest BCUT2D eigenvalue weighted by atomic mass is 19.4. The summed E-state index contributed by atoms with van der Waals surface area (Å²) in [6, 6.07) is 14.8. The molecule has 2 aromatic carbocycles. The molecule has 0 radical (unpaired) electrons. The van der Waals surface area contributed by atoms with Crippen LogP contribution in [0.5, 0.6) is 0 Å². The number of nitrogens with one attached hydrogen (secondary N) is 2. The summed E-state index contributed by atoms with van der Waals surface area (Å²) in [7, 11) is 1.54. The standard InChI is InChI=1S/C21H25F3N4O/c1-3-28(15-16-8-5-4-6-9-16)19(29)14-27-20(25-2)26-13-17-10-7-11-18(12-17)21(22,23)24/h4-12H,3,13-15H2,1-2H3,(H2,25,26,27). The van der Waals surface area contributed by atoms with Crippen LogP contribution in [0.15, 0.2) is 59.6 Å². The minimum absolute atomic E-state index is 0.0307. The Balaban J connectivity index is 1.87. The lowest BCUT2D eigenvalue weighted by atomic mass is 10.1. The summed E-state index contributed by atoms with van der Waals surface area (Å²) >= 11 is 0. The van der Waals surface area contributed by atoms with E-state index in [-0.39, 0.29) is 19.0 Å². The molecule has 2 N–H and O–H groups in total. The molecule has 2 aromatic rings. The molecule has 156 valence electrons. The Morgan fingerprint density at radius 1 is 1.03 bits per heavy atom. The van der Waals surface area contributed by atoms with Crippen LogP contribution in [0.2, 0.25) is 0 Å². The van der Waals surface area contributed by atoms with Gasteiger partial charge >= 0.3 is 6.18 Å². The number of carbonyl (C=O) groups excluding carboxylic acids is 1. The Bertz CT molecular complexity index is 822. The van der Waals surface area contributed by atoms with Gasteiger partial charge in [0.05, 0.1) is 12.1 Å². The van der Waals surface area contributed by atoms with Gasteiger partial charge in [0.2, 0.25) is 5.91 Å². The van der Waals surface area contributed by atoms with Crippen molar-refractivity contribution >= 4 is 11.9 Å². The zero-order chi connectivity index (χ0) is 21.3. The van der Waals surface area contributed by atoms with E-state index in [1.54, 1.807) is 11.0 Å². The van der Waals surface area contributed by atoms with E-state index in [1.165, 1.54) is 13.1 Å². The fraction of sp³-hybridized carbons (Fsp3) is 0.333. The lowest BCUT2D eigenvalue weighted by molar-refractivity contribution is -0.137.